The maximum Gasteiger partial charge on any atom is 0.416 e. The minimum Gasteiger partial charge on any atom is -0.461 e. The van der Waals surface area contributed by atoms with Gasteiger partial charge in [0.25, 0.3) is 0 Å². The monoisotopic (exact) mass is 449 g/mol. The summed E-state index contributed by atoms with van der Waals surface area (Å²) >= 11 is 0. The third kappa shape index (κ3) is 4.38. The number of H-pyrrole nitrogens is 1. The van der Waals surface area contributed by atoms with Crippen LogP contribution < -0.4 is 0 Å². The number of carbonyl (C=O) groups excluding carboxylic acids is 1. The predicted octanol–water partition coefficient (Wildman–Crippen LogP) is 6.70. The van der Waals surface area contributed by atoms with E-state index < -0.39 is 11.7 Å². The van der Waals surface area contributed by atoms with Crippen molar-refractivity contribution in [2.75, 3.05) is 0 Å². The number of fused-ring (bicyclic) bond motifs is 3. The summed E-state index contributed by atoms with van der Waals surface area (Å²) in [5, 5.41) is 0.945. The molecule has 33 heavy (non-hydrogen) atoms. The van der Waals surface area contributed by atoms with Gasteiger partial charge in [0, 0.05) is 16.6 Å². The van der Waals surface area contributed by atoms with Gasteiger partial charge in [0.15, 0.2) is 0 Å². The summed E-state index contributed by atoms with van der Waals surface area (Å²) in [5.41, 5.74) is 4.55. The van der Waals surface area contributed by atoms with Gasteiger partial charge in [0.05, 0.1) is 11.5 Å². The number of ether oxygens (including phenoxy) is 1. The van der Waals surface area contributed by atoms with Gasteiger partial charge in [0.1, 0.15) is 6.61 Å². The first-order valence-electron chi connectivity index (χ1n) is 10.9. The smallest absolute Gasteiger partial charge is 0.416 e. The first-order chi connectivity index (χ1) is 15.9. The fourth-order valence-corrected chi connectivity index (χ4v) is 4.52. The van der Waals surface area contributed by atoms with Gasteiger partial charge in [-0.15, -0.1) is 0 Å². The molecule has 0 radical (unpaired) electrons. The van der Waals surface area contributed by atoms with E-state index in [1.165, 1.54) is 12.1 Å². The molecule has 1 N–H and O–H groups in total. The molecule has 168 valence electrons. The van der Waals surface area contributed by atoms with Crippen LogP contribution in [0, 0.1) is 5.92 Å². The first-order valence-corrected chi connectivity index (χ1v) is 10.9. The van der Waals surface area contributed by atoms with Gasteiger partial charge in [0.2, 0.25) is 0 Å². The van der Waals surface area contributed by atoms with E-state index in [4.69, 9.17) is 4.74 Å². The van der Waals surface area contributed by atoms with Crippen LogP contribution in [0.1, 0.15) is 28.8 Å². The van der Waals surface area contributed by atoms with Gasteiger partial charge < -0.3 is 9.72 Å². The molecule has 0 saturated carbocycles. The molecule has 1 aliphatic rings. The molecule has 0 amide bonds. The van der Waals surface area contributed by atoms with Crippen molar-refractivity contribution in [3.63, 3.8) is 0 Å². The first kappa shape index (κ1) is 21.3. The summed E-state index contributed by atoms with van der Waals surface area (Å²) < 4.78 is 45.0. The van der Waals surface area contributed by atoms with Crippen LogP contribution in [0.5, 0.6) is 0 Å². The minimum atomic E-state index is -4.39. The van der Waals surface area contributed by atoms with Crippen LogP contribution in [0.25, 0.3) is 22.0 Å². The lowest BCUT2D eigenvalue weighted by Gasteiger charge is -2.21. The number of alkyl halides is 3. The average Bonchev–Trinajstić information content (AvgIpc) is 3.20. The van der Waals surface area contributed by atoms with E-state index in [9.17, 15) is 18.0 Å². The average molecular weight is 449 g/mol. The number of carbonyl (C=O) groups is 1. The fraction of sp³-hybridized carbons (Fsp3) is 0.222. The SMILES string of the molecule is O=C(OCc1ccccc1)C1CCc2[nH]c3ccc(-c4cccc(C(F)(F)F)c4)cc3c2C1. The Bertz CT molecular complexity index is 1310. The Morgan fingerprint density at radius 2 is 1.76 bits per heavy atom. The van der Waals surface area contributed by atoms with Gasteiger partial charge in [-0.2, -0.15) is 13.2 Å². The summed E-state index contributed by atoms with van der Waals surface area (Å²) in [7, 11) is 0. The number of nitrogens with one attached hydrogen (secondary N) is 1. The maximum atomic E-state index is 13.2. The van der Waals surface area contributed by atoms with Gasteiger partial charge in [-0.05, 0) is 65.8 Å². The minimum absolute atomic E-state index is 0.215. The summed E-state index contributed by atoms with van der Waals surface area (Å²) in [6, 6.07) is 20.5. The number of rotatable bonds is 4. The second kappa shape index (κ2) is 8.43. The standard InChI is InChI=1S/C27H22F3NO2/c28-27(29,30)21-8-4-7-18(13-21)19-9-11-24-22(14-19)23-15-20(10-12-25(23)31-24)26(32)33-16-17-5-2-1-3-6-17/h1-9,11,13-14,20,31H,10,12,15-16H2. The topological polar surface area (TPSA) is 42.1 Å². The number of halogens is 3. The molecule has 1 aromatic heterocycles. The van der Waals surface area contributed by atoms with E-state index in [0.717, 1.165) is 40.2 Å². The van der Waals surface area contributed by atoms with Crippen LogP contribution in [0.3, 0.4) is 0 Å². The van der Waals surface area contributed by atoms with Crippen LogP contribution >= 0.6 is 0 Å². The third-order valence-electron chi connectivity index (χ3n) is 6.27. The van der Waals surface area contributed by atoms with Gasteiger partial charge in [-0.1, -0.05) is 48.5 Å². The Hall–Kier alpha value is -3.54. The van der Waals surface area contributed by atoms with E-state index in [2.05, 4.69) is 4.98 Å². The molecule has 1 atom stereocenters. The summed E-state index contributed by atoms with van der Waals surface area (Å²) in [6.07, 6.45) is -2.41. The molecule has 1 aliphatic carbocycles. The van der Waals surface area contributed by atoms with E-state index >= 15 is 0 Å². The largest absolute Gasteiger partial charge is 0.461 e. The van der Waals surface area contributed by atoms with Crippen molar-refractivity contribution < 1.29 is 22.7 Å². The molecule has 4 aromatic rings. The van der Waals surface area contributed by atoms with Crippen LogP contribution in [0.2, 0.25) is 0 Å². The number of hydrogen-bond donors (Lipinski definition) is 1. The van der Waals surface area contributed by atoms with Crippen LogP contribution in [0.15, 0.2) is 72.8 Å². The van der Waals surface area contributed by atoms with Crippen LogP contribution in [0.4, 0.5) is 13.2 Å². The van der Waals surface area contributed by atoms with E-state index in [1.54, 1.807) is 6.07 Å². The molecule has 5 rings (SSSR count). The lowest BCUT2D eigenvalue weighted by Crippen LogP contribution is -2.24. The van der Waals surface area contributed by atoms with Crippen molar-refractivity contribution in [1.29, 1.82) is 0 Å². The number of aryl methyl sites for hydroxylation is 1. The van der Waals surface area contributed by atoms with Gasteiger partial charge >= 0.3 is 12.1 Å². The van der Waals surface area contributed by atoms with Gasteiger partial charge in [-0.3, -0.25) is 4.79 Å². The Balaban J connectivity index is 1.39. The molecule has 0 fully saturated rings. The Kier molecular flexibility index (Phi) is 5.44. The van der Waals surface area contributed by atoms with Crippen molar-refractivity contribution in [2.45, 2.75) is 32.0 Å². The van der Waals surface area contributed by atoms with Crippen LogP contribution in [-0.2, 0) is 35.2 Å². The molecular weight excluding hydrogens is 427 g/mol. The van der Waals surface area contributed by atoms with E-state index in [-0.39, 0.29) is 18.5 Å². The molecule has 0 spiro atoms. The zero-order valence-electron chi connectivity index (χ0n) is 17.8. The molecule has 0 saturated heterocycles. The van der Waals surface area contributed by atoms with Crippen LogP contribution in [-0.4, -0.2) is 11.0 Å². The number of hydrogen-bond acceptors (Lipinski definition) is 2. The number of benzene rings is 3. The van der Waals surface area contributed by atoms with Crippen molar-refractivity contribution in [3.05, 3.63) is 95.2 Å². The second-order valence-electron chi connectivity index (χ2n) is 8.45. The number of esters is 1. The highest BCUT2D eigenvalue weighted by molar-refractivity contribution is 5.90. The second-order valence-corrected chi connectivity index (χ2v) is 8.45. The van der Waals surface area contributed by atoms with Crippen molar-refractivity contribution in [2.24, 2.45) is 5.92 Å². The molecule has 0 aliphatic heterocycles. The molecule has 6 heteroatoms. The van der Waals surface area contributed by atoms with Crippen molar-refractivity contribution in [3.8, 4) is 11.1 Å². The van der Waals surface area contributed by atoms with E-state index in [1.807, 2.05) is 48.5 Å². The number of aromatic nitrogens is 1. The lowest BCUT2D eigenvalue weighted by molar-refractivity contribution is -0.150. The maximum absolute atomic E-state index is 13.2. The fourth-order valence-electron chi connectivity index (χ4n) is 4.52. The Morgan fingerprint density at radius 3 is 2.55 bits per heavy atom. The zero-order chi connectivity index (χ0) is 23.0. The van der Waals surface area contributed by atoms with Crippen molar-refractivity contribution >= 4 is 16.9 Å². The summed E-state index contributed by atoms with van der Waals surface area (Å²) in [5.74, 6) is -0.453. The molecule has 1 heterocycles. The zero-order valence-corrected chi connectivity index (χ0v) is 17.8. The summed E-state index contributed by atoms with van der Waals surface area (Å²) in [6.45, 7) is 0.247. The normalized spacial score (nSPS) is 15.9. The summed E-state index contributed by atoms with van der Waals surface area (Å²) in [4.78, 5) is 16.1. The predicted molar refractivity (Wildman–Crippen MR) is 120 cm³/mol. The molecule has 1 unspecified atom stereocenters. The highest BCUT2D eigenvalue weighted by Gasteiger charge is 2.31. The number of aromatic amines is 1. The lowest BCUT2D eigenvalue weighted by atomic mass is 9.86. The van der Waals surface area contributed by atoms with Crippen molar-refractivity contribution in [1.82, 2.24) is 4.98 Å². The quantitative estimate of drug-likeness (QED) is 0.352. The highest BCUT2D eigenvalue weighted by atomic mass is 19.4. The van der Waals surface area contributed by atoms with Gasteiger partial charge in [-0.25, -0.2) is 0 Å². The highest BCUT2D eigenvalue weighted by Crippen LogP contribution is 2.36. The molecular formula is C27H22F3NO2. The third-order valence-corrected chi connectivity index (χ3v) is 6.27. The van der Waals surface area contributed by atoms with E-state index in [0.29, 0.717) is 24.0 Å². The Morgan fingerprint density at radius 1 is 0.970 bits per heavy atom. The Labute approximate surface area is 189 Å². The molecule has 3 nitrogen and oxygen atoms in total. The molecule has 3 aromatic carbocycles. The molecule has 0 bridgehead atoms.